The maximum absolute atomic E-state index is 12.7. The Hall–Kier alpha value is -1.37. The Morgan fingerprint density at radius 1 is 1.17 bits per heavy atom. The van der Waals surface area contributed by atoms with Crippen molar-refractivity contribution in [2.24, 2.45) is 0 Å². The van der Waals surface area contributed by atoms with E-state index in [9.17, 15) is 23.9 Å². The van der Waals surface area contributed by atoms with Crippen molar-refractivity contribution in [2.45, 2.75) is 31.8 Å². The van der Waals surface area contributed by atoms with Crippen LogP contribution in [0, 0.1) is 0 Å². The predicted octanol–water partition coefficient (Wildman–Crippen LogP) is 1.19. The Kier molecular flexibility index (Phi) is 6.80. The fraction of sp³-hybridized carbons (Fsp3) is 0.714. The average Bonchev–Trinajstić information content (AvgIpc) is 2.53. The highest BCUT2D eigenvalue weighted by Crippen LogP contribution is 2.55. The minimum Gasteiger partial charge on any atom is -0.445 e. The molecule has 0 radical (unpaired) electrons. The van der Waals surface area contributed by atoms with Gasteiger partial charge in [0.05, 0.1) is 0 Å². The second-order valence-corrected chi connectivity index (χ2v) is 7.37. The van der Waals surface area contributed by atoms with Crippen molar-refractivity contribution in [1.82, 2.24) is 9.80 Å². The largest absolute Gasteiger partial charge is 0.445 e. The molecule has 0 aromatic carbocycles. The van der Waals surface area contributed by atoms with Gasteiger partial charge in [-0.25, -0.2) is 4.79 Å². The van der Waals surface area contributed by atoms with Crippen LogP contribution in [0.15, 0.2) is 12.7 Å². The van der Waals surface area contributed by atoms with Gasteiger partial charge >= 0.3 is 13.7 Å². The lowest BCUT2D eigenvalue weighted by Gasteiger charge is -2.40. The van der Waals surface area contributed by atoms with Gasteiger partial charge in [0.25, 0.3) is 0 Å². The number of rotatable bonds is 6. The summed E-state index contributed by atoms with van der Waals surface area (Å²) in [5, 5.41) is -1.68. The molecule has 8 nitrogen and oxygen atoms in total. The van der Waals surface area contributed by atoms with Crippen molar-refractivity contribution < 1.29 is 28.7 Å². The highest BCUT2D eigenvalue weighted by molar-refractivity contribution is 7.54. The van der Waals surface area contributed by atoms with E-state index in [1.54, 1.807) is 13.8 Å². The first-order valence-electron chi connectivity index (χ1n) is 7.61. The highest BCUT2D eigenvalue weighted by Gasteiger charge is 2.52. The summed E-state index contributed by atoms with van der Waals surface area (Å²) < 4.78 is 16.8. The summed E-state index contributed by atoms with van der Waals surface area (Å²) in [5.41, 5.74) is 0. The van der Waals surface area contributed by atoms with Gasteiger partial charge in [0.15, 0.2) is 0 Å². The normalized spacial score (nSPS) is 16.2. The van der Waals surface area contributed by atoms with Gasteiger partial charge in [-0.3, -0.25) is 9.36 Å². The van der Waals surface area contributed by atoms with Crippen molar-refractivity contribution >= 4 is 19.6 Å². The van der Waals surface area contributed by atoms with Crippen LogP contribution in [0.2, 0.25) is 0 Å². The van der Waals surface area contributed by atoms with Crippen molar-refractivity contribution in [1.29, 1.82) is 0 Å². The molecule has 1 fully saturated rings. The molecule has 2 N–H and O–H groups in total. The Morgan fingerprint density at radius 2 is 1.65 bits per heavy atom. The second kappa shape index (κ2) is 7.95. The summed E-state index contributed by atoms with van der Waals surface area (Å²) in [7, 11) is -4.59. The first kappa shape index (κ1) is 19.7. The van der Waals surface area contributed by atoms with Gasteiger partial charge < -0.3 is 24.3 Å². The quantitative estimate of drug-likeness (QED) is 0.551. The maximum Gasteiger partial charge on any atom is 0.410 e. The SMILES string of the molecule is C=CCOC(=O)N1CCN(C(=O)C(CC)(CC)P(=O)(O)O)CC1. The van der Waals surface area contributed by atoms with E-state index in [0.29, 0.717) is 0 Å². The van der Waals surface area contributed by atoms with Crippen LogP contribution in [0.1, 0.15) is 26.7 Å². The van der Waals surface area contributed by atoms with Crippen LogP contribution < -0.4 is 0 Å². The molecular formula is C14H25N2O6P. The standard InChI is InChI=1S/C14H25N2O6P/c1-4-11-22-13(18)16-9-7-15(8-10-16)12(17)14(5-2,6-3)23(19,20)21/h4H,1,5-11H2,2-3H3,(H2,19,20,21). The Morgan fingerprint density at radius 3 is 2.04 bits per heavy atom. The van der Waals surface area contributed by atoms with Crippen molar-refractivity contribution in [3.63, 3.8) is 0 Å². The molecule has 0 bridgehead atoms. The molecule has 1 saturated heterocycles. The number of piperazine rings is 1. The van der Waals surface area contributed by atoms with Gasteiger partial charge in [-0.05, 0) is 12.8 Å². The molecule has 0 saturated carbocycles. The van der Waals surface area contributed by atoms with E-state index in [0.717, 1.165) is 0 Å². The molecule has 2 amide bonds. The van der Waals surface area contributed by atoms with E-state index < -0.39 is 24.8 Å². The van der Waals surface area contributed by atoms with E-state index in [4.69, 9.17) is 4.74 Å². The topological polar surface area (TPSA) is 107 Å². The van der Waals surface area contributed by atoms with Gasteiger partial charge in [0.1, 0.15) is 11.8 Å². The summed E-state index contributed by atoms with van der Waals surface area (Å²) in [6.45, 7) is 7.77. The summed E-state index contributed by atoms with van der Waals surface area (Å²) >= 11 is 0. The minimum atomic E-state index is -4.59. The molecule has 23 heavy (non-hydrogen) atoms. The molecule has 1 heterocycles. The van der Waals surface area contributed by atoms with Crippen LogP contribution in [0.4, 0.5) is 4.79 Å². The second-order valence-electron chi connectivity index (χ2n) is 5.43. The smallest absolute Gasteiger partial charge is 0.410 e. The summed E-state index contributed by atoms with van der Waals surface area (Å²) in [5.74, 6) is -0.546. The molecule has 0 atom stereocenters. The molecule has 0 unspecified atom stereocenters. The van der Waals surface area contributed by atoms with Gasteiger partial charge in [-0.15, -0.1) is 0 Å². The number of hydrogen-bond acceptors (Lipinski definition) is 4. The molecule has 0 aromatic heterocycles. The van der Waals surface area contributed by atoms with E-state index >= 15 is 0 Å². The number of ether oxygens (including phenoxy) is 1. The summed E-state index contributed by atoms with van der Waals surface area (Å²) in [4.78, 5) is 46.5. The van der Waals surface area contributed by atoms with Gasteiger partial charge in [0.2, 0.25) is 5.91 Å². The van der Waals surface area contributed by atoms with Crippen LogP contribution in [-0.4, -0.2) is 69.5 Å². The van der Waals surface area contributed by atoms with Crippen LogP contribution in [0.3, 0.4) is 0 Å². The summed E-state index contributed by atoms with van der Waals surface area (Å²) in [6, 6.07) is 0. The van der Waals surface area contributed by atoms with Gasteiger partial charge in [-0.1, -0.05) is 26.5 Å². The zero-order valence-corrected chi connectivity index (χ0v) is 14.5. The van der Waals surface area contributed by atoms with Crippen LogP contribution in [0.5, 0.6) is 0 Å². The molecular weight excluding hydrogens is 323 g/mol. The van der Waals surface area contributed by atoms with Crippen molar-refractivity contribution in [2.75, 3.05) is 32.8 Å². The number of carbonyl (C=O) groups excluding carboxylic acids is 2. The van der Waals surface area contributed by atoms with Crippen LogP contribution in [0.25, 0.3) is 0 Å². The molecule has 0 aliphatic carbocycles. The van der Waals surface area contributed by atoms with E-state index in [2.05, 4.69) is 6.58 Å². The van der Waals surface area contributed by atoms with Crippen molar-refractivity contribution in [3.8, 4) is 0 Å². The minimum absolute atomic E-state index is 0.0637. The Balaban J connectivity index is 2.76. The molecule has 132 valence electrons. The molecule has 1 aliphatic rings. The third-order valence-electron chi connectivity index (χ3n) is 4.28. The molecule has 1 rings (SSSR count). The van der Waals surface area contributed by atoms with E-state index in [-0.39, 0.29) is 45.6 Å². The van der Waals surface area contributed by atoms with Crippen LogP contribution in [-0.2, 0) is 14.1 Å². The van der Waals surface area contributed by atoms with E-state index in [1.807, 2.05) is 0 Å². The molecule has 9 heteroatoms. The highest BCUT2D eigenvalue weighted by atomic mass is 31.2. The predicted molar refractivity (Wildman–Crippen MR) is 85.1 cm³/mol. The lowest BCUT2D eigenvalue weighted by Crippen LogP contribution is -2.56. The fourth-order valence-corrected chi connectivity index (χ4v) is 3.91. The third kappa shape index (κ3) is 4.13. The number of nitrogens with zero attached hydrogens (tertiary/aromatic N) is 2. The number of carbonyl (C=O) groups is 2. The first-order valence-corrected chi connectivity index (χ1v) is 9.22. The van der Waals surface area contributed by atoms with E-state index in [1.165, 1.54) is 15.9 Å². The van der Waals surface area contributed by atoms with Gasteiger partial charge in [0, 0.05) is 26.2 Å². The third-order valence-corrected chi connectivity index (χ3v) is 6.21. The van der Waals surface area contributed by atoms with Crippen LogP contribution >= 0.6 is 7.60 Å². The lowest BCUT2D eigenvalue weighted by molar-refractivity contribution is -0.136. The maximum atomic E-state index is 12.7. The number of hydrogen-bond donors (Lipinski definition) is 2. The Bertz CT molecular complexity index is 491. The molecule has 0 aromatic rings. The Labute approximate surface area is 136 Å². The molecule has 0 spiro atoms. The zero-order valence-electron chi connectivity index (χ0n) is 13.6. The zero-order chi connectivity index (χ0) is 17.7. The molecule has 1 aliphatic heterocycles. The monoisotopic (exact) mass is 348 g/mol. The first-order chi connectivity index (χ1) is 10.7. The lowest BCUT2D eigenvalue weighted by atomic mass is 10.00. The van der Waals surface area contributed by atoms with Crippen molar-refractivity contribution in [3.05, 3.63) is 12.7 Å². The fourth-order valence-electron chi connectivity index (χ4n) is 2.70. The summed E-state index contributed by atoms with van der Waals surface area (Å²) in [6.07, 6.45) is 1.11. The average molecular weight is 348 g/mol. The number of amides is 2. The van der Waals surface area contributed by atoms with Gasteiger partial charge in [-0.2, -0.15) is 0 Å².